The van der Waals surface area contributed by atoms with Crippen molar-refractivity contribution in [2.45, 2.75) is 24.9 Å². The molecule has 5 heteroatoms. The maximum Gasteiger partial charge on any atom is 0.387 e. The Morgan fingerprint density at radius 2 is 2.20 bits per heavy atom. The van der Waals surface area contributed by atoms with E-state index in [1.54, 1.807) is 13.0 Å². The van der Waals surface area contributed by atoms with Crippen LogP contribution in [0.4, 0.5) is 8.78 Å². The standard InChI is InChI=1S/C10H10F2O2S/c1-2-7(13)6-4-3-5-8(15)9(6)14-10(11)12/h3-5,10,15H,2H2,1H3. The predicted molar refractivity (Wildman–Crippen MR) is 54.9 cm³/mol. The Hall–Kier alpha value is -1.10. The van der Waals surface area contributed by atoms with Crippen molar-refractivity contribution in [3.8, 4) is 5.75 Å². The highest BCUT2D eigenvalue weighted by atomic mass is 32.1. The Morgan fingerprint density at radius 3 is 2.73 bits per heavy atom. The topological polar surface area (TPSA) is 26.3 Å². The van der Waals surface area contributed by atoms with Crippen LogP contribution in [0.5, 0.6) is 5.75 Å². The zero-order valence-corrected chi connectivity index (χ0v) is 8.93. The van der Waals surface area contributed by atoms with Gasteiger partial charge in [-0.15, -0.1) is 12.6 Å². The molecule has 0 saturated heterocycles. The van der Waals surface area contributed by atoms with Gasteiger partial charge in [0.25, 0.3) is 0 Å². The van der Waals surface area contributed by atoms with Crippen molar-refractivity contribution in [2.24, 2.45) is 0 Å². The lowest BCUT2D eigenvalue weighted by Gasteiger charge is -2.11. The van der Waals surface area contributed by atoms with Gasteiger partial charge in [0.2, 0.25) is 0 Å². The Labute approximate surface area is 91.7 Å². The minimum Gasteiger partial charge on any atom is -0.433 e. The van der Waals surface area contributed by atoms with Gasteiger partial charge in [0.15, 0.2) is 5.78 Å². The van der Waals surface area contributed by atoms with Gasteiger partial charge in [-0.2, -0.15) is 8.78 Å². The van der Waals surface area contributed by atoms with Crippen LogP contribution < -0.4 is 4.74 Å². The molecule has 0 spiro atoms. The SMILES string of the molecule is CCC(=O)c1cccc(S)c1OC(F)F. The van der Waals surface area contributed by atoms with E-state index in [2.05, 4.69) is 17.4 Å². The average Bonchev–Trinajstić information content (AvgIpc) is 2.19. The van der Waals surface area contributed by atoms with E-state index in [9.17, 15) is 13.6 Å². The lowest BCUT2D eigenvalue weighted by atomic mass is 10.1. The van der Waals surface area contributed by atoms with E-state index in [1.807, 2.05) is 0 Å². The van der Waals surface area contributed by atoms with Crippen molar-refractivity contribution >= 4 is 18.4 Å². The highest BCUT2D eigenvalue weighted by Crippen LogP contribution is 2.29. The number of hydrogen-bond donors (Lipinski definition) is 1. The van der Waals surface area contributed by atoms with Crippen LogP contribution in [-0.2, 0) is 0 Å². The first-order valence-corrected chi connectivity index (χ1v) is 4.81. The number of carbonyl (C=O) groups is 1. The van der Waals surface area contributed by atoms with Crippen LogP contribution in [0.15, 0.2) is 23.1 Å². The van der Waals surface area contributed by atoms with E-state index in [0.717, 1.165) is 0 Å². The van der Waals surface area contributed by atoms with Crippen molar-refractivity contribution in [3.63, 3.8) is 0 Å². The number of hydrogen-bond acceptors (Lipinski definition) is 3. The summed E-state index contributed by atoms with van der Waals surface area (Å²) < 4.78 is 28.4. The maximum absolute atomic E-state index is 12.1. The third kappa shape index (κ3) is 2.92. The fraction of sp³-hybridized carbons (Fsp3) is 0.300. The fourth-order valence-electron chi connectivity index (χ4n) is 1.15. The predicted octanol–water partition coefficient (Wildman–Crippen LogP) is 3.17. The van der Waals surface area contributed by atoms with Gasteiger partial charge in [0.1, 0.15) is 5.75 Å². The van der Waals surface area contributed by atoms with Gasteiger partial charge >= 0.3 is 6.61 Å². The quantitative estimate of drug-likeness (QED) is 0.637. The molecule has 0 unspecified atom stereocenters. The Morgan fingerprint density at radius 1 is 1.53 bits per heavy atom. The normalized spacial score (nSPS) is 10.5. The molecule has 0 N–H and O–H groups in total. The first kappa shape index (κ1) is 12.0. The van der Waals surface area contributed by atoms with Crippen LogP contribution in [0.2, 0.25) is 0 Å². The van der Waals surface area contributed by atoms with Crippen LogP contribution in [-0.4, -0.2) is 12.4 Å². The van der Waals surface area contributed by atoms with Crippen molar-refractivity contribution in [1.82, 2.24) is 0 Å². The molecule has 0 atom stereocenters. The molecule has 0 fully saturated rings. The van der Waals surface area contributed by atoms with Gasteiger partial charge in [0, 0.05) is 11.3 Å². The van der Waals surface area contributed by atoms with E-state index in [1.165, 1.54) is 12.1 Å². The van der Waals surface area contributed by atoms with Crippen molar-refractivity contribution in [2.75, 3.05) is 0 Å². The van der Waals surface area contributed by atoms with E-state index in [0.29, 0.717) is 0 Å². The molecule has 0 radical (unpaired) electrons. The second kappa shape index (κ2) is 5.11. The summed E-state index contributed by atoms with van der Waals surface area (Å²) in [5, 5.41) is 0. The molecule has 82 valence electrons. The maximum atomic E-state index is 12.1. The molecule has 1 rings (SSSR count). The molecule has 0 heterocycles. The second-order valence-corrected chi connectivity index (χ2v) is 3.29. The summed E-state index contributed by atoms with van der Waals surface area (Å²) in [6.45, 7) is -1.30. The summed E-state index contributed by atoms with van der Waals surface area (Å²) in [7, 11) is 0. The Bertz CT molecular complexity index is 366. The van der Waals surface area contributed by atoms with E-state index in [-0.39, 0.29) is 28.4 Å². The Balaban J connectivity index is 3.14. The molecule has 15 heavy (non-hydrogen) atoms. The summed E-state index contributed by atoms with van der Waals surface area (Å²) in [5.74, 6) is -0.399. The summed E-state index contributed by atoms with van der Waals surface area (Å²) in [6, 6.07) is 4.51. The van der Waals surface area contributed by atoms with Gasteiger partial charge in [-0.25, -0.2) is 0 Å². The van der Waals surface area contributed by atoms with Gasteiger partial charge in [-0.3, -0.25) is 4.79 Å². The van der Waals surface area contributed by atoms with Crippen LogP contribution >= 0.6 is 12.6 Å². The summed E-state index contributed by atoms with van der Waals surface area (Å²) in [5.41, 5.74) is 0.144. The molecule has 0 saturated carbocycles. The third-order valence-electron chi connectivity index (χ3n) is 1.82. The molecule has 1 aromatic rings. The third-order valence-corrected chi connectivity index (χ3v) is 2.17. The molecule has 0 aliphatic carbocycles. The molecule has 0 amide bonds. The largest absolute Gasteiger partial charge is 0.433 e. The molecule has 2 nitrogen and oxygen atoms in total. The number of para-hydroxylation sites is 1. The number of ketones is 1. The number of thiol groups is 1. The van der Waals surface area contributed by atoms with Crippen molar-refractivity contribution in [3.05, 3.63) is 23.8 Å². The smallest absolute Gasteiger partial charge is 0.387 e. The minimum absolute atomic E-state index is 0.144. The van der Waals surface area contributed by atoms with Crippen molar-refractivity contribution in [1.29, 1.82) is 0 Å². The number of halogens is 2. The average molecular weight is 232 g/mol. The van der Waals surface area contributed by atoms with Crippen LogP contribution in [0.1, 0.15) is 23.7 Å². The second-order valence-electron chi connectivity index (χ2n) is 2.81. The molecule has 0 aromatic heterocycles. The molecular weight excluding hydrogens is 222 g/mol. The zero-order chi connectivity index (χ0) is 11.4. The molecule has 0 aliphatic rings. The summed E-state index contributed by atoms with van der Waals surface area (Å²) in [4.78, 5) is 11.6. The zero-order valence-electron chi connectivity index (χ0n) is 8.04. The van der Waals surface area contributed by atoms with E-state index >= 15 is 0 Å². The van der Waals surface area contributed by atoms with Gasteiger partial charge in [-0.1, -0.05) is 13.0 Å². The molecule has 0 aliphatic heterocycles. The minimum atomic E-state index is -2.96. The van der Waals surface area contributed by atoms with E-state index in [4.69, 9.17) is 0 Å². The first-order valence-electron chi connectivity index (χ1n) is 4.36. The lowest BCUT2D eigenvalue weighted by Crippen LogP contribution is -2.08. The Kier molecular flexibility index (Phi) is 4.08. The highest BCUT2D eigenvalue weighted by Gasteiger charge is 2.16. The lowest BCUT2D eigenvalue weighted by molar-refractivity contribution is -0.0519. The van der Waals surface area contributed by atoms with Gasteiger partial charge < -0.3 is 4.74 Å². The number of benzene rings is 1. The first-order chi connectivity index (χ1) is 7.06. The number of carbonyl (C=O) groups excluding carboxylic acids is 1. The summed E-state index contributed by atoms with van der Waals surface area (Å²) in [6.07, 6.45) is 0.233. The highest BCUT2D eigenvalue weighted by molar-refractivity contribution is 7.80. The fourth-order valence-corrected chi connectivity index (χ4v) is 1.41. The van der Waals surface area contributed by atoms with Gasteiger partial charge in [-0.05, 0) is 12.1 Å². The monoisotopic (exact) mass is 232 g/mol. The van der Waals surface area contributed by atoms with E-state index < -0.39 is 6.61 Å². The summed E-state index contributed by atoms with van der Waals surface area (Å²) >= 11 is 3.97. The molecule has 1 aromatic carbocycles. The number of ether oxygens (including phenoxy) is 1. The number of Topliss-reactive ketones (excluding diaryl/α,β-unsaturated/α-hetero) is 1. The van der Waals surface area contributed by atoms with Gasteiger partial charge in [0.05, 0.1) is 5.56 Å². The molecular formula is C10H10F2O2S. The van der Waals surface area contributed by atoms with Crippen LogP contribution in [0.3, 0.4) is 0 Å². The van der Waals surface area contributed by atoms with Crippen LogP contribution in [0.25, 0.3) is 0 Å². The van der Waals surface area contributed by atoms with Crippen LogP contribution in [0, 0.1) is 0 Å². The van der Waals surface area contributed by atoms with Crippen molar-refractivity contribution < 1.29 is 18.3 Å². The number of rotatable bonds is 4. The number of alkyl halides is 2. The molecule has 0 bridgehead atoms.